The number of aromatic nitrogens is 4. The molecule has 0 fully saturated rings. The first kappa shape index (κ1) is 30.4. The summed E-state index contributed by atoms with van der Waals surface area (Å²) in [6, 6.07) is 59.5. The van der Waals surface area contributed by atoms with Gasteiger partial charge in [-0.2, -0.15) is 0 Å². The fourth-order valence-corrected chi connectivity index (χ4v) is 7.26. The molecule has 0 atom stereocenters. The largest absolute Gasteiger partial charge is 0.309 e. The molecule has 7 aromatic carbocycles. The number of rotatable bonds is 6. The summed E-state index contributed by atoms with van der Waals surface area (Å²) in [6.07, 6.45) is 0. The molecule has 242 valence electrons. The molecule has 0 bridgehead atoms. The Morgan fingerprint density at radius 1 is 0.392 bits per heavy atom. The quantitative estimate of drug-likeness (QED) is 0.179. The van der Waals surface area contributed by atoms with Gasteiger partial charge in [0.05, 0.1) is 11.0 Å². The van der Waals surface area contributed by atoms with Gasteiger partial charge in [-0.3, -0.25) is 0 Å². The van der Waals surface area contributed by atoms with Crippen LogP contribution < -0.4 is 0 Å². The molecule has 0 spiro atoms. The Bertz CT molecular complexity index is 2650. The van der Waals surface area contributed by atoms with Crippen LogP contribution in [0.1, 0.15) is 11.1 Å². The fourth-order valence-electron chi connectivity index (χ4n) is 7.26. The second-order valence-electron chi connectivity index (χ2n) is 13.0. The van der Waals surface area contributed by atoms with Gasteiger partial charge in [0, 0.05) is 33.2 Å². The Labute approximate surface area is 297 Å². The summed E-state index contributed by atoms with van der Waals surface area (Å²) in [4.78, 5) is 14.8. The van der Waals surface area contributed by atoms with E-state index in [2.05, 4.69) is 128 Å². The highest BCUT2D eigenvalue weighted by atomic mass is 15.0. The Balaban J connectivity index is 1.18. The van der Waals surface area contributed by atoms with Gasteiger partial charge in [-0.15, -0.1) is 0 Å². The van der Waals surface area contributed by atoms with Crippen molar-refractivity contribution in [3.63, 3.8) is 0 Å². The SMILES string of the molecule is Cc1ccccc1-c1ccc2c3ccccc3n(-c3cccc(-c4cccc(-c5nc(-c6ccccc6)nc(-c6ccccc6)n5)c4)c3)c2c1C. The van der Waals surface area contributed by atoms with Gasteiger partial charge in [-0.05, 0) is 71.5 Å². The zero-order chi connectivity index (χ0) is 34.3. The molecule has 0 aliphatic carbocycles. The molecular formula is C47H34N4. The van der Waals surface area contributed by atoms with Crippen LogP contribution in [0.25, 0.3) is 83.9 Å². The standard InChI is InChI=1S/C47H34N4/c1-31-15-9-10-24-39(31)40-27-28-42-41-25-11-12-26-43(41)51(44(42)32(40)2)38-23-14-21-36(30-38)35-20-13-22-37(29-35)47-49-45(33-16-5-3-6-17-33)48-46(50-47)34-18-7-4-8-19-34/h3-30H,1-2H3. The molecule has 4 nitrogen and oxygen atoms in total. The normalized spacial score (nSPS) is 11.3. The van der Waals surface area contributed by atoms with Crippen molar-refractivity contribution >= 4 is 21.8 Å². The maximum atomic E-state index is 4.98. The summed E-state index contributed by atoms with van der Waals surface area (Å²) < 4.78 is 2.43. The molecule has 2 heterocycles. The third kappa shape index (κ3) is 5.48. The summed E-state index contributed by atoms with van der Waals surface area (Å²) in [5.74, 6) is 1.94. The van der Waals surface area contributed by atoms with E-state index in [1.54, 1.807) is 0 Å². The predicted molar refractivity (Wildman–Crippen MR) is 211 cm³/mol. The van der Waals surface area contributed by atoms with E-state index in [4.69, 9.17) is 15.0 Å². The van der Waals surface area contributed by atoms with Crippen molar-refractivity contribution in [2.24, 2.45) is 0 Å². The van der Waals surface area contributed by atoms with Crippen LogP contribution in [0, 0.1) is 13.8 Å². The van der Waals surface area contributed by atoms with Gasteiger partial charge in [0.25, 0.3) is 0 Å². The summed E-state index contributed by atoms with van der Waals surface area (Å²) in [5, 5.41) is 2.50. The fraction of sp³-hybridized carbons (Fsp3) is 0.0426. The first-order chi connectivity index (χ1) is 25.1. The monoisotopic (exact) mass is 654 g/mol. The molecule has 0 saturated carbocycles. The maximum Gasteiger partial charge on any atom is 0.164 e. The molecule has 51 heavy (non-hydrogen) atoms. The van der Waals surface area contributed by atoms with Gasteiger partial charge in [0.15, 0.2) is 17.5 Å². The number of benzene rings is 7. The molecule has 0 amide bonds. The lowest BCUT2D eigenvalue weighted by molar-refractivity contribution is 1.07. The van der Waals surface area contributed by atoms with Gasteiger partial charge in [-0.25, -0.2) is 15.0 Å². The first-order valence-corrected chi connectivity index (χ1v) is 17.3. The van der Waals surface area contributed by atoms with Crippen molar-refractivity contribution < 1.29 is 0 Å². The van der Waals surface area contributed by atoms with Crippen LogP contribution in [0.15, 0.2) is 170 Å². The Hall–Kier alpha value is -6.65. The van der Waals surface area contributed by atoms with Crippen molar-refractivity contribution in [1.82, 2.24) is 19.5 Å². The predicted octanol–water partition coefficient (Wildman–Crippen LogP) is 11.9. The van der Waals surface area contributed by atoms with Gasteiger partial charge in [0.1, 0.15) is 0 Å². The molecule has 0 unspecified atom stereocenters. The van der Waals surface area contributed by atoms with Gasteiger partial charge in [0.2, 0.25) is 0 Å². The molecule has 0 radical (unpaired) electrons. The number of hydrogen-bond donors (Lipinski definition) is 0. The zero-order valence-corrected chi connectivity index (χ0v) is 28.5. The molecule has 0 aliphatic heterocycles. The van der Waals surface area contributed by atoms with Crippen LogP contribution in [-0.2, 0) is 0 Å². The highest BCUT2D eigenvalue weighted by molar-refractivity contribution is 6.11. The highest BCUT2D eigenvalue weighted by Crippen LogP contribution is 2.39. The van der Waals surface area contributed by atoms with Crippen LogP contribution in [0.4, 0.5) is 0 Å². The molecule has 9 aromatic rings. The smallest absolute Gasteiger partial charge is 0.164 e. The van der Waals surface area contributed by atoms with Crippen LogP contribution in [-0.4, -0.2) is 19.5 Å². The number of aryl methyl sites for hydroxylation is 2. The summed E-state index contributed by atoms with van der Waals surface area (Å²) in [7, 11) is 0. The molecule has 2 aromatic heterocycles. The van der Waals surface area contributed by atoms with Crippen molar-refractivity contribution in [1.29, 1.82) is 0 Å². The molecule has 4 heteroatoms. The minimum Gasteiger partial charge on any atom is -0.309 e. The minimum atomic E-state index is 0.641. The second-order valence-corrected chi connectivity index (χ2v) is 13.0. The van der Waals surface area contributed by atoms with Crippen molar-refractivity contribution in [3.05, 3.63) is 181 Å². The van der Waals surface area contributed by atoms with Crippen molar-refractivity contribution in [3.8, 4) is 62.1 Å². The molecule has 9 rings (SSSR count). The average molecular weight is 655 g/mol. The lowest BCUT2D eigenvalue weighted by atomic mass is 9.94. The van der Waals surface area contributed by atoms with E-state index in [0.29, 0.717) is 17.5 Å². The Kier molecular flexibility index (Phi) is 7.55. The summed E-state index contributed by atoms with van der Waals surface area (Å²) in [6.45, 7) is 4.45. The van der Waals surface area contributed by atoms with Gasteiger partial charge < -0.3 is 4.57 Å². The number of nitrogens with zero attached hydrogens (tertiary/aromatic N) is 4. The molecule has 0 N–H and O–H groups in total. The number of fused-ring (bicyclic) bond motifs is 3. The lowest BCUT2D eigenvalue weighted by Crippen LogP contribution is -2.00. The molecule has 0 aliphatic rings. The Morgan fingerprint density at radius 3 is 1.65 bits per heavy atom. The van der Waals surface area contributed by atoms with E-state index >= 15 is 0 Å². The summed E-state index contributed by atoms with van der Waals surface area (Å²) >= 11 is 0. The van der Waals surface area contributed by atoms with Gasteiger partial charge in [-0.1, -0.05) is 146 Å². The maximum absolute atomic E-state index is 4.98. The highest BCUT2D eigenvalue weighted by Gasteiger charge is 2.18. The van der Waals surface area contributed by atoms with Crippen LogP contribution in [0.3, 0.4) is 0 Å². The van der Waals surface area contributed by atoms with E-state index in [1.807, 2.05) is 60.7 Å². The second kappa shape index (κ2) is 12.7. The first-order valence-electron chi connectivity index (χ1n) is 17.3. The van der Waals surface area contributed by atoms with Crippen molar-refractivity contribution in [2.45, 2.75) is 13.8 Å². The average Bonchev–Trinajstić information content (AvgIpc) is 3.54. The summed E-state index contributed by atoms with van der Waals surface area (Å²) in [5.41, 5.74) is 13.7. The minimum absolute atomic E-state index is 0.641. The van der Waals surface area contributed by atoms with E-state index in [1.165, 1.54) is 44.1 Å². The zero-order valence-electron chi connectivity index (χ0n) is 28.5. The van der Waals surface area contributed by atoms with E-state index < -0.39 is 0 Å². The molecular weight excluding hydrogens is 621 g/mol. The van der Waals surface area contributed by atoms with Crippen LogP contribution >= 0.6 is 0 Å². The van der Waals surface area contributed by atoms with Crippen molar-refractivity contribution in [2.75, 3.05) is 0 Å². The van der Waals surface area contributed by atoms with Crippen LogP contribution in [0.2, 0.25) is 0 Å². The van der Waals surface area contributed by atoms with E-state index in [9.17, 15) is 0 Å². The molecule has 0 saturated heterocycles. The number of para-hydroxylation sites is 1. The van der Waals surface area contributed by atoms with E-state index in [0.717, 1.165) is 33.5 Å². The third-order valence-corrected chi connectivity index (χ3v) is 9.78. The Morgan fingerprint density at radius 2 is 0.941 bits per heavy atom. The van der Waals surface area contributed by atoms with Gasteiger partial charge >= 0.3 is 0 Å². The topological polar surface area (TPSA) is 43.6 Å². The van der Waals surface area contributed by atoms with E-state index in [-0.39, 0.29) is 0 Å². The number of hydrogen-bond acceptors (Lipinski definition) is 3. The lowest BCUT2D eigenvalue weighted by Gasteiger charge is -2.15. The van der Waals surface area contributed by atoms with Crippen LogP contribution in [0.5, 0.6) is 0 Å². The third-order valence-electron chi connectivity index (χ3n) is 9.78.